The van der Waals surface area contributed by atoms with Crippen molar-refractivity contribution in [1.29, 1.82) is 0 Å². The van der Waals surface area contributed by atoms with Crippen LogP contribution in [-0.2, 0) is 21.0 Å². The molecule has 6 heteroatoms. The molecule has 2 aromatic rings. The van der Waals surface area contributed by atoms with Gasteiger partial charge in [-0.1, -0.05) is 18.2 Å². The molecule has 0 N–H and O–H groups in total. The molecular weight excluding hydrogens is 362 g/mol. The molecule has 2 aromatic carbocycles. The number of benzene rings is 2. The normalized spacial score (nSPS) is 17.8. The molecule has 0 aliphatic carbocycles. The van der Waals surface area contributed by atoms with Crippen molar-refractivity contribution in [1.82, 2.24) is 0 Å². The number of anilines is 2. The standard InChI is InChI=1S/C21H23NO4S/c1-4-25-21-15(3)27(23,24)19-13-14(2)10-11-17(19)22(21)18-9-5-7-16-8-6-12-26-20(16)18/h5,7,9-11,13H,4,6,8,12H2,1-3H3. The molecule has 5 nitrogen and oxygen atoms in total. The third kappa shape index (κ3) is 2.79. The Morgan fingerprint density at radius 1 is 1.15 bits per heavy atom. The van der Waals surface area contributed by atoms with E-state index >= 15 is 0 Å². The number of fused-ring (bicyclic) bond motifs is 2. The Bertz CT molecular complexity index is 1040. The summed E-state index contributed by atoms with van der Waals surface area (Å²) in [4.78, 5) is 2.41. The molecule has 2 aliphatic rings. The Labute approximate surface area is 160 Å². The Kier molecular flexibility index (Phi) is 4.38. The van der Waals surface area contributed by atoms with Crippen LogP contribution in [0.4, 0.5) is 11.4 Å². The van der Waals surface area contributed by atoms with Gasteiger partial charge in [-0.3, -0.25) is 4.90 Å². The van der Waals surface area contributed by atoms with Crippen molar-refractivity contribution in [2.45, 2.75) is 38.5 Å². The third-order valence-electron chi connectivity index (χ3n) is 4.99. The minimum atomic E-state index is -3.60. The number of aryl methyl sites for hydroxylation is 2. The van der Waals surface area contributed by atoms with Crippen LogP contribution in [0.1, 0.15) is 31.4 Å². The van der Waals surface area contributed by atoms with Crippen LogP contribution in [0.3, 0.4) is 0 Å². The van der Waals surface area contributed by atoms with Crippen LogP contribution >= 0.6 is 0 Å². The van der Waals surface area contributed by atoms with E-state index in [1.807, 2.05) is 43.0 Å². The summed E-state index contributed by atoms with van der Waals surface area (Å²) in [5.74, 6) is 1.15. The molecule has 2 aliphatic heterocycles. The van der Waals surface area contributed by atoms with E-state index in [9.17, 15) is 8.42 Å². The summed E-state index contributed by atoms with van der Waals surface area (Å²) in [6, 6.07) is 11.5. The molecule has 0 radical (unpaired) electrons. The number of hydrogen-bond acceptors (Lipinski definition) is 5. The lowest BCUT2D eigenvalue weighted by Crippen LogP contribution is -2.29. The van der Waals surface area contributed by atoms with Gasteiger partial charge in [0.25, 0.3) is 0 Å². The second-order valence-electron chi connectivity index (χ2n) is 6.82. The predicted molar refractivity (Wildman–Crippen MR) is 105 cm³/mol. The van der Waals surface area contributed by atoms with Crippen LogP contribution < -0.4 is 9.64 Å². The zero-order valence-corrected chi connectivity index (χ0v) is 16.6. The highest BCUT2D eigenvalue weighted by Crippen LogP contribution is 2.48. The van der Waals surface area contributed by atoms with Gasteiger partial charge in [0, 0.05) is 0 Å². The molecule has 0 spiro atoms. The van der Waals surface area contributed by atoms with Crippen LogP contribution in [0, 0.1) is 6.92 Å². The molecule has 142 valence electrons. The minimum Gasteiger partial charge on any atom is -0.491 e. The number of nitrogens with zero attached hydrogens (tertiary/aromatic N) is 1. The van der Waals surface area contributed by atoms with Crippen LogP contribution in [0.5, 0.6) is 5.75 Å². The average molecular weight is 385 g/mol. The van der Waals surface area contributed by atoms with Crippen LogP contribution in [0.25, 0.3) is 0 Å². The van der Waals surface area contributed by atoms with Gasteiger partial charge >= 0.3 is 0 Å². The summed E-state index contributed by atoms with van der Waals surface area (Å²) >= 11 is 0. The molecule has 4 rings (SSSR count). The first kappa shape index (κ1) is 17.9. The largest absolute Gasteiger partial charge is 0.491 e. The maximum absolute atomic E-state index is 13.1. The molecule has 2 heterocycles. The first-order valence-electron chi connectivity index (χ1n) is 9.19. The second-order valence-corrected chi connectivity index (χ2v) is 8.88. The van der Waals surface area contributed by atoms with Gasteiger partial charge in [-0.2, -0.15) is 0 Å². The fourth-order valence-electron chi connectivity index (χ4n) is 3.66. The highest BCUT2D eigenvalue weighted by molar-refractivity contribution is 7.95. The molecule has 0 atom stereocenters. The van der Waals surface area contributed by atoms with Gasteiger partial charge in [-0.25, -0.2) is 8.42 Å². The topological polar surface area (TPSA) is 55.8 Å². The quantitative estimate of drug-likeness (QED) is 0.780. The number of hydrogen-bond donors (Lipinski definition) is 0. The zero-order chi connectivity index (χ0) is 19.2. The van der Waals surface area contributed by atoms with Gasteiger partial charge in [0.2, 0.25) is 15.7 Å². The third-order valence-corrected chi connectivity index (χ3v) is 6.87. The molecule has 0 amide bonds. The van der Waals surface area contributed by atoms with Gasteiger partial charge in [-0.05, 0) is 62.9 Å². The summed E-state index contributed by atoms with van der Waals surface area (Å²) in [7, 11) is -3.60. The van der Waals surface area contributed by atoms with E-state index in [4.69, 9.17) is 9.47 Å². The molecule has 27 heavy (non-hydrogen) atoms. The van der Waals surface area contributed by atoms with Crippen LogP contribution in [-0.4, -0.2) is 21.6 Å². The monoisotopic (exact) mass is 385 g/mol. The molecule has 0 fully saturated rings. The predicted octanol–water partition coefficient (Wildman–Crippen LogP) is 4.47. The SMILES string of the molecule is CCOC1=C(C)S(=O)(=O)c2cc(C)ccc2N1c1cccc2c1OCCC2. The molecule has 0 unspecified atom stereocenters. The van der Waals surface area contributed by atoms with Gasteiger partial charge in [-0.15, -0.1) is 0 Å². The number of rotatable bonds is 3. The number of allylic oxidation sites excluding steroid dienone is 1. The van der Waals surface area contributed by atoms with Crippen molar-refractivity contribution in [3.8, 4) is 5.75 Å². The molecular formula is C21H23NO4S. The minimum absolute atomic E-state index is 0.218. The summed E-state index contributed by atoms with van der Waals surface area (Å²) < 4.78 is 38.1. The summed E-state index contributed by atoms with van der Waals surface area (Å²) in [5, 5.41) is 0. The van der Waals surface area contributed by atoms with Crippen molar-refractivity contribution >= 4 is 21.2 Å². The zero-order valence-electron chi connectivity index (χ0n) is 15.8. The van der Waals surface area contributed by atoms with Gasteiger partial charge in [0.05, 0.1) is 29.5 Å². The van der Waals surface area contributed by atoms with Crippen molar-refractivity contribution in [3.63, 3.8) is 0 Å². The van der Waals surface area contributed by atoms with E-state index in [1.165, 1.54) is 0 Å². The van der Waals surface area contributed by atoms with E-state index in [-0.39, 0.29) is 4.91 Å². The first-order valence-corrected chi connectivity index (χ1v) is 10.7. The number of sulfone groups is 1. The highest BCUT2D eigenvalue weighted by atomic mass is 32.2. The molecule has 0 saturated heterocycles. The summed E-state index contributed by atoms with van der Waals surface area (Å²) in [5.41, 5.74) is 3.44. The van der Waals surface area contributed by atoms with E-state index in [0.29, 0.717) is 29.7 Å². The van der Waals surface area contributed by atoms with Crippen molar-refractivity contribution < 1.29 is 17.9 Å². The lowest BCUT2D eigenvalue weighted by Gasteiger charge is -2.35. The Morgan fingerprint density at radius 2 is 1.96 bits per heavy atom. The van der Waals surface area contributed by atoms with E-state index in [0.717, 1.165) is 35.4 Å². The van der Waals surface area contributed by atoms with E-state index < -0.39 is 9.84 Å². The Hall–Kier alpha value is -2.47. The van der Waals surface area contributed by atoms with E-state index in [1.54, 1.807) is 13.0 Å². The number of para-hydroxylation sites is 1. The highest BCUT2D eigenvalue weighted by Gasteiger charge is 2.37. The Morgan fingerprint density at radius 3 is 2.74 bits per heavy atom. The van der Waals surface area contributed by atoms with Gasteiger partial charge in [0.1, 0.15) is 10.7 Å². The molecule has 0 bridgehead atoms. The maximum atomic E-state index is 13.1. The average Bonchev–Trinajstić information content (AvgIpc) is 2.67. The fourth-order valence-corrected chi connectivity index (χ4v) is 5.14. The summed E-state index contributed by atoms with van der Waals surface area (Å²) in [6.45, 7) is 6.38. The fraction of sp³-hybridized carbons (Fsp3) is 0.333. The van der Waals surface area contributed by atoms with Gasteiger partial charge < -0.3 is 9.47 Å². The van der Waals surface area contributed by atoms with Gasteiger partial charge in [0.15, 0.2) is 0 Å². The van der Waals surface area contributed by atoms with Crippen LogP contribution in [0.2, 0.25) is 0 Å². The van der Waals surface area contributed by atoms with E-state index in [2.05, 4.69) is 6.07 Å². The Balaban J connectivity index is 2.02. The number of ether oxygens (including phenoxy) is 2. The lowest BCUT2D eigenvalue weighted by molar-refractivity contribution is 0.221. The van der Waals surface area contributed by atoms with Crippen molar-refractivity contribution in [2.75, 3.05) is 18.1 Å². The maximum Gasteiger partial charge on any atom is 0.213 e. The second kappa shape index (κ2) is 6.60. The van der Waals surface area contributed by atoms with Crippen molar-refractivity contribution in [2.24, 2.45) is 0 Å². The van der Waals surface area contributed by atoms with Crippen LogP contribution in [0.15, 0.2) is 52.1 Å². The lowest BCUT2D eigenvalue weighted by atomic mass is 10.0. The van der Waals surface area contributed by atoms with Crippen molar-refractivity contribution in [3.05, 3.63) is 58.3 Å². The smallest absolute Gasteiger partial charge is 0.213 e. The first-order chi connectivity index (χ1) is 12.9. The summed E-state index contributed by atoms with van der Waals surface area (Å²) in [6.07, 6.45) is 1.93. The molecule has 0 saturated carbocycles. The molecule has 0 aromatic heterocycles.